The van der Waals surface area contributed by atoms with E-state index in [0.717, 1.165) is 43.6 Å². The first-order valence-electron chi connectivity index (χ1n) is 12.1. The number of amides is 1. The molecular weight excluding hydrogens is 430 g/mol. The zero-order valence-electron chi connectivity index (χ0n) is 20.0. The highest BCUT2D eigenvalue weighted by atomic mass is 16.5. The monoisotopic (exact) mass is 461 g/mol. The summed E-state index contributed by atoms with van der Waals surface area (Å²) in [6.07, 6.45) is 4.35. The van der Waals surface area contributed by atoms with Gasteiger partial charge >= 0.3 is 0 Å². The average molecular weight is 462 g/mol. The highest BCUT2D eigenvalue weighted by molar-refractivity contribution is 5.99. The number of fused-ring (bicyclic) bond motifs is 2. The molecule has 2 aromatic heterocycles. The largest absolute Gasteiger partial charge is 0.379 e. The van der Waals surface area contributed by atoms with Crippen molar-refractivity contribution >= 4 is 22.6 Å². The maximum absolute atomic E-state index is 13.3. The number of benzene rings is 1. The molecule has 0 unspecified atom stereocenters. The Morgan fingerprint density at radius 1 is 1.38 bits per heavy atom. The van der Waals surface area contributed by atoms with Crippen LogP contribution in [0.4, 0.5) is 5.69 Å². The van der Waals surface area contributed by atoms with Gasteiger partial charge < -0.3 is 14.6 Å². The van der Waals surface area contributed by atoms with Crippen LogP contribution in [-0.4, -0.2) is 70.4 Å². The second-order valence-corrected chi connectivity index (χ2v) is 9.35. The van der Waals surface area contributed by atoms with Crippen molar-refractivity contribution in [1.29, 1.82) is 5.26 Å². The quantitative estimate of drug-likeness (QED) is 0.604. The van der Waals surface area contributed by atoms with E-state index in [2.05, 4.69) is 33.1 Å². The Hall–Kier alpha value is -3.22. The molecule has 34 heavy (non-hydrogen) atoms. The topological polar surface area (TPSA) is 114 Å². The third kappa shape index (κ3) is 3.97. The van der Waals surface area contributed by atoms with Crippen molar-refractivity contribution in [1.82, 2.24) is 25.1 Å². The van der Waals surface area contributed by atoms with E-state index in [4.69, 9.17) is 9.72 Å². The van der Waals surface area contributed by atoms with Crippen LogP contribution < -0.4 is 4.90 Å². The third-order valence-corrected chi connectivity index (χ3v) is 7.41. The number of nitriles is 1. The summed E-state index contributed by atoms with van der Waals surface area (Å²) < 4.78 is 5.41. The van der Waals surface area contributed by atoms with Crippen molar-refractivity contribution in [2.24, 2.45) is 5.92 Å². The van der Waals surface area contributed by atoms with Gasteiger partial charge in [0.1, 0.15) is 11.8 Å². The summed E-state index contributed by atoms with van der Waals surface area (Å²) in [6, 6.07) is 5.56. The molecule has 0 saturated carbocycles. The molecule has 1 saturated heterocycles. The fourth-order valence-electron chi connectivity index (χ4n) is 5.16. The third-order valence-electron chi connectivity index (χ3n) is 7.41. The van der Waals surface area contributed by atoms with Crippen LogP contribution in [0.15, 0.2) is 12.1 Å². The second-order valence-electron chi connectivity index (χ2n) is 9.35. The Bertz CT molecular complexity index is 1250. The summed E-state index contributed by atoms with van der Waals surface area (Å²) in [5.74, 6) is 1.31. The van der Waals surface area contributed by atoms with Crippen LogP contribution in [-0.2, 0) is 22.4 Å². The van der Waals surface area contributed by atoms with Crippen LogP contribution in [0, 0.1) is 17.2 Å². The van der Waals surface area contributed by atoms with E-state index >= 15 is 0 Å². The van der Waals surface area contributed by atoms with Crippen LogP contribution in [0.2, 0.25) is 0 Å². The fraction of sp³-hybridized carbons (Fsp3) is 0.520. The number of aromatic amines is 2. The average Bonchev–Trinajstić information content (AvgIpc) is 3.49. The van der Waals surface area contributed by atoms with Gasteiger partial charge in [0, 0.05) is 31.4 Å². The highest BCUT2D eigenvalue weighted by Gasteiger charge is 2.28. The Balaban J connectivity index is 1.47. The number of imidazole rings is 1. The van der Waals surface area contributed by atoms with Crippen molar-refractivity contribution in [2.45, 2.75) is 45.6 Å². The predicted octanol–water partition coefficient (Wildman–Crippen LogP) is 3.02. The van der Waals surface area contributed by atoms with Crippen LogP contribution in [0.5, 0.6) is 0 Å². The van der Waals surface area contributed by atoms with Gasteiger partial charge in [0.25, 0.3) is 0 Å². The lowest BCUT2D eigenvalue weighted by Crippen LogP contribution is -2.50. The van der Waals surface area contributed by atoms with Gasteiger partial charge in [0.2, 0.25) is 5.91 Å². The van der Waals surface area contributed by atoms with Crippen molar-refractivity contribution in [3.05, 3.63) is 29.0 Å². The Labute approximate surface area is 199 Å². The summed E-state index contributed by atoms with van der Waals surface area (Å²) in [6.45, 7) is 6.84. The van der Waals surface area contributed by atoms with E-state index in [1.54, 1.807) is 18.0 Å². The minimum atomic E-state index is -0.298. The van der Waals surface area contributed by atoms with E-state index in [1.165, 1.54) is 17.7 Å². The molecule has 1 fully saturated rings. The number of anilines is 1. The molecule has 3 aromatic rings. The number of morpholine rings is 1. The number of nitrogens with one attached hydrogen (secondary N) is 2. The number of aryl methyl sites for hydroxylation is 1. The van der Waals surface area contributed by atoms with E-state index in [1.807, 2.05) is 13.0 Å². The molecule has 1 aliphatic heterocycles. The van der Waals surface area contributed by atoms with Gasteiger partial charge in [-0.3, -0.25) is 14.8 Å². The van der Waals surface area contributed by atoms with Crippen LogP contribution in [0.3, 0.4) is 0 Å². The smallest absolute Gasteiger partial charge is 0.243 e. The number of aromatic nitrogens is 4. The summed E-state index contributed by atoms with van der Waals surface area (Å²) >= 11 is 0. The minimum Gasteiger partial charge on any atom is -0.379 e. The molecule has 178 valence electrons. The normalized spacial score (nSPS) is 19.5. The van der Waals surface area contributed by atoms with Crippen molar-refractivity contribution < 1.29 is 9.53 Å². The molecule has 9 heteroatoms. The number of rotatable bonds is 5. The molecule has 2 atom stereocenters. The van der Waals surface area contributed by atoms with Crippen molar-refractivity contribution in [3.63, 3.8) is 0 Å². The second kappa shape index (κ2) is 9.20. The first kappa shape index (κ1) is 22.6. The van der Waals surface area contributed by atoms with E-state index < -0.39 is 0 Å². The molecule has 3 heterocycles. The summed E-state index contributed by atoms with van der Waals surface area (Å²) in [4.78, 5) is 25.1. The highest BCUT2D eigenvalue weighted by Crippen LogP contribution is 2.34. The van der Waals surface area contributed by atoms with Gasteiger partial charge in [-0.1, -0.05) is 13.3 Å². The zero-order valence-corrected chi connectivity index (χ0v) is 20.0. The molecule has 0 spiro atoms. The molecule has 2 aliphatic rings. The van der Waals surface area contributed by atoms with E-state index in [0.29, 0.717) is 41.7 Å². The van der Waals surface area contributed by atoms with Crippen LogP contribution in [0.1, 0.15) is 43.5 Å². The molecule has 5 rings (SSSR count). The van der Waals surface area contributed by atoms with E-state index in [9.17, 15) is 10.1 Å². The predicted molar refractivity (Wildman–Crippen MR) is 129 cm³/mol. The van der Waals surface area contributed by atoms with Crippen LogP contribution >= 0.6 is 0 Å². The number of carbonyl (C=O) groups is 1. The number of carbonyl (C=O) groups excluding carboxylic acids is 1. The van der Waals surface area contributed by atoms with Gasteiger partial charge in [-0.05, 0) is 44.2 Å². The minimum absolute atomic E-state index is 0.0551. The zero-order chi connectivity index (χ0) is 23.8. The lowest BCUT2D eigenvalue weighted by Gasteiger charge is -2.33. The maximum Gasteiger partial charge on any atom is 0.243 e. The Morgan fingerprint density at radius 2 is 2.18 bits per heavy atom. The summed E-state index contributed by atoms with van der Waals surface area (Å²) in [7, 11) is 1.73. The van der Waals surface area contributed by atoms with Gasteiger partial charge in [-0.2, -0.15) is 10.4 Å². The lowest BCUT2D eigenvalue weighted by atomic mass is 9.85. The molecule has 1 amide bonds. The Kier molecular flexibility index (Phi) is 6.11. The fourth-order valence-corrected chi connectivity index (χ4v) is 5.16. The number of likely N-dealkylation sites (N-methyl/N-ethyl adjacent to an activating group) is 1. The first-order chi connectivity index (χ1) is 16.5. The molecule has 9 nitrogen and oxygen atoms in total. The van der Waals surface area contributed by atoms with Gasteiger partial charge in [0.05, 0.1) is 41.5 Å². The first-order valence-corrected chi connectivity index (χ1v) is 12.1. The van der Waals surface area contributed by atoms with Crippen molar-refractivity contribution in [3.8, 4) is 17.6 Å². The molecule has 1 aliphatic carbocycles. The molecule has 1 aromatic carbocycles. The Morgan fingerprint density at radius 3 is 2.91 bits per heavy atom. The van der Waals surface area contributed by atoms with Gasteiger partial charge in [-0.25, -0.2) is 4.98 Å². The SMILES string of the molecule is CC[C@H]1CCc2[nH]nc(-c3nc4cc(N(C)C(=O)[C@H](C)N5CCOCC5)c(C#N)cc4[nH]3)c2C1. The van der Waals surface area contributed by atoms with Crippen molar-refractivity contribution in [2.75, 3.05) is 38.3 Å². The molecule has 2 N–H and O–H groups in total. The molecular formula is C25H31N7O2. The number of hydrogen-bond donors (Lipinski definition) is 2. The number of hydrogen-bond acceptors (Lipinski definition) is 6. The summed E-state index contributed by atoms with van der Waals surface area (Å²) in [5.41, 5.74) is 5.76. The molecule has 0 bridgehead atoms. The van der Waals surface area contributed by atoms with Gasteiger partial charge in [0.15, 0.2) is 5.82 Å². The standard InChI is InChI=1S/C25H31N7O2/c1-4-16-5-6-19-18(11-16)23(30-29-19)24-27-20-12-17(14-26)22(13-21(20)28-24)31(3)25(33)15(2)32-7-9-34-10-8-32/h12-13,15-16H,4-11H2,1-3H3,(H,27,28)(H,29,30)/t15-,16-/m0/s1. The van der Waals surface area contributed by atoms with Crippen LogP contribution in [0.25, 0.3) is 22.6 Å². The number of ether oxygens (including phenoxy) is 1. The summed E-state index contributed by atoms with van der Waals surface area (Å²) in [5, 5.41) is 17.6. The maximum atomic E-state index is 13.3. The molecule has 0 radical (unpaired) electrons. The lowest BCUT2D eigenvalue weighted by molar-refractivity contribution is -0.124. The number of H-pyrrole nitrogens is 2. The van der Waals surface area contributed by atoms with Gasteiger partial charge in [-0.15, -0.1) is 0 Å². The number of nitrogens with zero attached hydrogens (tertiary/aromatic N) is 5. The van der Waals surface area contributed by atoms with E-state index in [-0.39, 0.29) is 11.9 Å².